The zero-order chi connectivity index (χ0) is 32.9. The molecule has 3 aromatic heterocycles. The van der Waals surface area contributed by atoms with Crippen molar-refractivity contribution in [1.82, 2.24) is 39.4 Å². The molecule has 0 spiro atoms. The summed E-state index contributed by atoms with van der Waals surface area (Å²) >= 11 is 0. The number of hydrogen-bond donors (Lipinski definition) is 2. The van der Waals surface area contributed by atoms with E-state index in [2.05, 4.69) is 41.4 Å². The molecule has 13 nitrogen and oxygen atoms in total. The van der Waals surface area contributed by atoms with Crippen molar-refractivity contribution in [3.05, 3.63) is 55.0 Å². The van der Waals surface area contributed by atoms with Gasteiger partial charge in [0.15, 0.2) is 6.61 Å². The highest BCUT2D eigenvalue weighted by Gasteiger charge is 2.31. The van der Waals surface area contributed by atoms with Gasteiger partial charge in [-0.1, -0.05) is 6.07 Å². The molecule has 4 heterocycles. The molecule has 2 N–H and O–H groups in total. The van der Waals surface area contributed by atoms with Crippen LogP contribution in [0.25, 0.3) is 11.1 Å². The predicted octanol–water partition coefficient (Wildman–Crippen LogP) is 4.79. The van der Waals surface area contributed by atoms with E-state index in [0.717, 1.165) is 0 Å². The number of alkyl halides is 3. The first-order valence-electron chi connectivity index (χ1n) is 14.7. The van der Waals surface area contributed by atoms with E-state index in [4.69, 9.17) is 9.47 Å². The van der Waals surface area contributed by atoms with Crippen molar-refractivity contribution >= 4 is 24.0 Å². The summed E-state index contributed by atoms with van der Waals surface area (Å²) in [6, 6.07) is 7.19. The molecule has 4 aromatic rings. The maximum absolute atomic E-state index is 13.0. The first-order valence-corrected chi connectivity index (χ1v) is 14.7. The average molecular weight is 677 g/mol. The molecule has 252 valence electrons. The Kier molecular flexibility index (Phi) is 11.3. The number of aromatic nitrogens is 7. The lowest BCUT2D eigenvalue weighted by Crippen LogP contribution is -2.43. The number of anilines is 2. The minimum atomic E-state index is -4.54. The molecule has 1 aliphatic heterocycles. The number of ether oxygens (including phenoxy) is 2. The molecule has 0 radical (unpaired) electrons. The molecule has 0 saturated carbocycles. The summed E-state index contributed by atoms with van der Waals surface area (Å²) in [6.45, 7) is 6.25. The van der Waals surface area contributed by atoms with Gasteiger partial charge < -0.3 is 24.8 Å². The van der Waals surface area contributed by atoms with Gasteiger partial charge in [-0.15, -0.1) is 17.5 Å². The number of nitrogens with one attached hydrogen (secondary N) is 1. The van der Waals surface area contributed by atoms with Crippen molar-refractivity contribution in [1.29, 1.82) is 5.26 Å². The Morgan fingerprint density at radius 1 is 1.15 bits per heavy atom. The van der Waals surface area contributed by atoms with E-state index >= 15 is 0 Å². The molecule has 5 rings (SSSR count). The maximum Gasteiger partial charge on any atom is 0.422 e. The fourth-order valence-corrected chi connectivity index (χ4v) is 5.19. The van der Waals surface area contributed by atoms with Crippen LogP contribution in [0.4, 0.5) is 24.8 Å². The van der Waals surface area contributed by atoms with Gasteiger partial charge in [0.2, 0.25) is 5.95 Å². The van der Waals surface area contributed by atoms with Gasteiger partial charge in [-0.05, 0) is 51.3 Å². The lowest BCUT2D eigenvalue weighted by molar-refractivity contribution is -0.154. The molecule has 0 amide bonds. The third-order valence-electron chi connectivity index (χ3n) is 7.18. The molecule has 0 aliphatic carbocycles. The van der Waals surface area contributed by atoms with E-state index in [9.17, 15) is 23.5 Å². The van der Waals surface area contributed by atoms with E-state index < -0.39 is 18.4 Å². The molecular formula is C30H36ClF3N10O3. The Morgan fingerprint density at radius 2 is 1.87 bits per heavy atom. The molecule has 17 heteroatoms. The van der Waals surface area contributed by atoms with Gasteiger partial charge in [-0.2, -0.15) is 23.5 Å². The molecule has 1 aliphatic rings. The van der Waals surface area contributed by atoms with Gasteiger partial charge >= 0.3 is 6.18 Å². The van der Waals surface area contributed by atoms with Crippen molar-refractivity contribution in [2.45, 2.75) is 64.1 Å². The summed E-state index contributed by atoms with van der Waals surface area (Å²) in [5, 5.41) is 31.1. The summed E-state index contributed by atoms with van der Waals surface area (Å²) < 4.78 is 53.4. The second kappa shape index (κ2) is 15.0. The topological polar surface area (TPSA) is 152 Å². The Bertz CT molecular complexity index is 1630. The Hall–Kier alpha value is -4.46. The summed E-state index contributed by atoms with van der Waals surface area (Å²) in [7, 11) is 0. The van der Waals surface area contributed by atoms with Crippen LogP contribution in [0.5, 0.6) is 11.6 Å². The van der Waals surface area contributed by atoms with Gasteiger partial charge in [0.1, 0.15) is 36.3 Å². The zero-order valence-electron chi connectivity index (χ0n) is 26.1. The third kappa shape index (κ3) is 10.0. The average Bonchev–Trinajstić information content (AvgIpc) is 3.65. The quantitative estimate of drug-likeness (QED) is 0.213. The van der Waals surface area contributed by atoms with Crippen LogP contribution in [0.1, 0.15) is 45.2 Å². The van der Waals surface area contributed by atoms with Crippen LogP contribution in [0.3, 0.4) is 0 Å². The lowest BCUT2D eigenvalue weighted by atomic mass is 10.0. The maximum atomic E-state index is 13.0. The van der Waals surface area contributed by atoms with E-state index in [1.54, 1.807) is 66.3 Å². The number of benzene rings is 1. The van der Waals surface area contributed by atoms with Crippen LogP contribution in [0.15, 0.2) is 49.4 Å². The molecule has 1 fully saturated rings. The first-order chi connectivity index (χ1) is 21.8. The van der Waals surface area contributed by atoms with Crippen LogP contribution in [-0.2, 0) is 6.54 Å². The fourth-order valence-electron chi connectivity index (χ4n) is 5.19. The van der Waals surface area contributed by atoms with Crippen molar-refractivity contribution < 1.29 is 27.8 Å². The monoisotopic (exact) mass is 676 g/mol. The number of likely N-dealkylation sites (tertiary alicyclic amines) is 1. The van der Waals surface area contributed by atoms with Crippen LogP contribution in [-0.4, -0.2) is 88.6 Å². The Labute approximate surface area is 275 Å². The molecule has 1 atom stereocenters. The Morgan fingerprint density at radius 3 is 2.49 bits per heavy atom. The van der Waals surface area contributed by atoms with Crippen LogP contribution in [0.2, 0.25) is 0 Å². The van der Waals surface area contributed by atoms with Crippen molar-refractivity contribution in [3.63, 3.8) is 0 Å². The molecule has 0 bridgehead atoms. The second-order valence-corrected chi connectivity index (χ2v) is 11.8. The summed E-state index contributed by atoms with van der Waals surface area (Å²) in [5.41, 5.74) is 1.07. The third-order valence-corrected chi connectivity index (χ3v) is 7.18. The van der Waals surface area contributed by atoms with E-state index in [-0.39, 0.29) is 42.1 Å². The minimum Gasteiger partial charge on any atom is -0.487 e. The van der Waals surface area contributed by atoms with Crippen molar-refractivity contribution in [2.24, 2.45) is 0 Å². The summed E-state index contributed by atoms with van der Waals surface area (Å²) in [5.74, 6) is 0.309. The number of rotatable bonds is 12. The highest BCUT2D eigenvalue weighted by atomic mass is 35.5. The molecule has 1 unspecified atom stereocenters. The number of hydrogen-bond acceptors (Lipinski definition) is 11. The fraction of sp³-hybridized carbons (Fsp3) is 0.467. The van der Waals surface area contributed by atoms with E-state index in [1.165, 1.54) is 6.33 Å². The smallest absolute Gasteiger partial charge is 0.422 e. The SMILES string of the molecule is CC(Cn1cncn1)Oc1cc(-c2cnc(Nc3cn(C4CCN(CC(C)(C)O)CC4)nc3OCC(F)(F)F)nc2)ccc1C#N.Cl. The van der Waals surface area contributed by atoms with Gasteiger partial charge in [-0.25, -0.2) is 19.6 Å². The molecule has 1 saturated heterocycles. The van der Waals surface area contributed by atoms with Crippen LogP contribution >= 0.6 is 12.4 Å². The van der Waals surface area contributed by atoms with E-state index in [0.29, 0.717) is 61.5 Å². The van der Waals surface area contributed by atoms with Crippen LogP contribution in [0, 0.1) is 11.3 Å². The number of nitriles is 1. The van der Waals surface area contributed by atoms with Crippen LogP contribution < -0.4 is 14.8 Å². The van der Waals surface area contributed by atoms with Gasteiger partial charge in [0.05, 0.1) is 29.9 Å². The normalized spacial score (nSPS) is 15.0. The molecule has 1 aromatic carbocycles. The minimum absolute atomic E-state index is 0. The Balaban J connectivity index is 0.00000500. The molecular weight excluding hydrogens is 641 g/mol. The number of halogens is 4. The predicted molar refractivity (Wildman–Crippen MR) is 168 cm³/mol. The van der Waals surface area contributed by atoms with Gasteiger partial charge in [0, 0.05) is 37.6 Å². The zero-order valence-corrected chi connectivity index (χ0v) is 26.9. The van der Waals surface area contributed by atoms with E-state index in [1.807, 2.05) is 6.92 Å². The largest absolute Gasteiger partial charge is 0.487 e. The van der Waals surface area contributed by atoms with Gasteiger partial charge in [0.25, 0.3) is 5.88 Å². The number of aliphatic hydroxyl groups is 1. The molecule has 47 heavy (non-hydrogen) atoms. The number of nitrogens with zero attached hydrogens (tertiary/aromatic N) is 9. The standard InChI is InChI=1S/C30H35F3N10O3.ClH/c1-20(14-42-19-35-18-38-42)46-26-10-21(4-5-22(26)11-34)23-12-36-28(37-13-23)39-25-15-43(40-27(25)45-17-30(31,32)33)24-6-8-41(9-7-24)16-29(2,3)44;/h4-5,10,12-13,15,18-20,24,44H,6-9,14,16-17H2,1-3H3,(H,36,37,39);1H. The summed E-state index contributed by atoms with van der Waals surface area (Å²) in [4.78, 5) is 14.8. The lowest BCUT2D eigenvalue weighted by Gasteiger charge is -2.35. The highest BCUT2D eigenvalue weighted by molar-refractivity contribution is 5.85. The van der Waals surface area contributed by atoms with Crippen molar-refractivity contribution in [2.75, 3.05) is 31.6 Å². The summed E-state index contributed by atoms with van der Waals surface area (Å²) in [6.07, 6.45) is 4.28. The number of β-amino-alcohol motifs (C(OH)–C–C–N with tert-alkyl or cyclic N) is 1. The van der Waals surface area contributed by atoms with Gasteiger partial charge in [-0.3, -0.25) is 4.68 Å². The second-order valence-electron chi connectivity index (χ2n) is 11.8. The van der Waals surface area contributed by atoms with Crippen molar-refractivity contribution in [3.8, 4) is 28.8 Å². The first kappa shape index (κ1) is 35.4. The number of piperidine rings is 1. The highest BCUT2D eigenvalue weighted by Crippen LogP contribution is 2.32.